The van der Waals surface area contributed by atoms with Gasteiger partial charge in [-0.25, -0.2) is 9.59 Å². The molecular formula is C11H5ClO3S. The van der Waals surface area contributed by atoms with Crippen molar-refractivity contribution in [3.05, 3.63) is 33.2 Å². The number of rotatable bonds is 0. The van der Waals surface area contributed by atoms with Crippen LogP contribution < -0.4 is 0 Å². The molecule has 80 valence electrons. The van der Waals surface area contributed by atoms with Gasteiger partial charge in [0.25, 0.3) is 0 Å². The number of fused-ring (bicyclic) bond motifs is 3. The molecule has 2 aromatic rings. The van der Waals surface area contributed by atoms with Gasteiger partial charge in [0.1, 0.15) is 4.88 Å². The topological polar surface area (TPSA) is 43.4 Å². The average Bonchev–Trinajstić information content (AvgIpc) is 2.66. The maximum Gasteiger partial charge on any atom is 0.357 e. The van der Waals surface area contributed by atoms with Crippen LogP contribution in [0, 0.1) is 6.92 Å². The molecule has 3 nitrogen and oxygen atoms in total. The van der Waals surface area contributed by atoms with Crippen LogP contribution in [0.5, 0.6) is 0 Å². The zero-order valence-corrected chi connectivity index (χ0v) is 9.74. The van der Waals surface area contributed by atoms with E-state index in [4.69, 9.17) is 11.6 Å². The SMILES string of the molecule is Cc1cc(Cl)cc2sc3c(c12)C(=O)OC3=O. The number of ether oxygens (including phenoxy) is 1. The Morgan fingerprint density at radius 3 is 2.75 bits per heavy atom. The molecule has 0 saturated carbocycles. The van der Waals surface area contributed by atoms with Gasteiger partial charge in [-0.05, 0) is 24.6 Å². The summed E-state index contributed by atoms with van der Waals surface area (Å²) < 4.78 is 5.41. The lowest BCUT2D eigenvalue weighted by molar-refractivity contribution is 0.0446. The summed E-state index contributed by atoms with van der Waals surface area (Å²) in [5.74, 6) is -1.12. The molecule has 1 aromatic carbocycles. The van der Waals surface area contributed by atoms with Gasteiger partial charge >= 0.3 is 11.9 Å². The van der Waals surface area contributed by atoms with Crippen molar-refractivity contribution in [3.63, 3.8) is 0 Å². The van der Waals surface area contributed by atoms with Crippen molar-refractivity contribution in [1.82, 2.24) is 0 Å². The number of carbonyl (C=O) groups is 2. The molecule has 5 heteroatoms. The molecule has 0 bridgehead atoms. The molecular weight excluding hydrogens is 248 g/mol. The lowest BCUT2D eigenvalue weighted by atomic mass is 10.1. The molecule has 0 aliphatic carbocycles. The molecule has 0 saturated heterocycles. The Morgan fingerprint density at radius 1 is 1.25 bits per heavy atom. The highest BCUT2D eigenvalue weighted by molar-refractivity contribution is 7.21. The summed E-state index contributed by atoms with van der Waals surface area (Å²) in [5.41, 5.74) is 1.27. The first-order chi connectivity index (χ1) is 7.58. The predicted octanol–water partition coefficient (Wildman–Crippen LogP) is 3.17. The molecule has 3 rings (SSSR count). The van der Waals surface area contributed by atoms with E-state index in [2.05, 4.69) is 4.74 Å². The Balaban J connectivity index is 2.50. The van der Waals surface area contributed by atoms with E-state index in [0.717, 1.165) is 15.6 Å². The average molecular weight is 253 g/mol. The van der Waals surface area contributed by atoms with Crippen LogP contribution in [0.1, 0.15) is 25.6 Å². The van der Waals surface area contributed by atoms with Crippen molar-refractivity contribution >= 4 is 45.0 Å². The summed E-state index contributed by atoms with van der Waals surface area (Å²) in [6.07, 6.45) is 0. The summed E-state index contributed by atoms with van der Waals surface area (Å²) in [5, 5.41) is 1.38. The van der Waals surface area contributed by atoms with E-state index in [1.807, 2.05) is 6.92 Å². The third kappa shape index (κ3) is 1.14. The highest BCUT2D eigenvalue weighted by atomic mass is 35.5. The van der Waals surface area contributed by atoms with Gasteiger partial charge in [-0.15, -0.1) is 11.3 Å². The second-order valence-electron chi connectivity index (χ2n) is 3.58. The zero-order chi connectivity index (χ0) is 11.4. The second-order valence-corrected chi connectivity index (χ2v) is 5.07. The van der Waals surface area contributed by atoms with Crippen LogP contribution in [-0.2, 0) is 4.74 Å². The monoisotopic (exact) mass is 252 g/mol. The van der Waals surface area contributed by atoms with E-state index < -0.39 is 11.9 Å². The molecule has 16 heavy (non-hydrogen) atoms. The minimum atomic E-state index is -0.559. The Bertz CT molecular complexity index is 657. The minimum Gasteiger partial charge on any atom is -0.385 e. The van der Waals surface area contributed by atoms with E-state index >= 15 is 0 Å². The molecule has 1 aliphatic rings. The predicted molar refractivity (Wildman–Crippen MR) is 61.3 cm³/mol. The van der Waals surface area contributed by atoms with E-state index in [1.165, 1.54) is 11.3 Å². The first kappa shape index (κ1) is 9.81. The maximum atomic E-state index is 11.5. The maximum absolute atomic E-state index is 11.5. The lowest BCUT2D eigenvalue weighted by Gasteiger charge is -1.99. The number of cyclic esters (lactones) is 2. The van der Waals surface area contributed by atoms with Crippen molar-refractivity contribution in [1.29, 1.82) is 0 Å². The highest BCUT2D eigenvalue weighted by Gasteiger charge is 2.34. The van der Waals surface area contributed by atoms with Crippen molar-refractivity contribution in [3.8, 4) is 0 Å². The number of benzene rings is 1. The summed E-state index contributed by atoms with van der Waals surface area (Å²) in [6.45, 7) is 1.86. The molecule has 0 radical (unpaired) electrons. The summed E-state index contributed by atoms with van der Waals surface area (Å²) >= 11 is 7.17. The minimum absolute atomic E-state index is 0.380. The summed E-state index contributed by atoms with van der Waals surface area (Å²) in [6, 6.07) is 3.53. The first-order valence-corrected chi connectivity index (χ1v) is 5.76. The fourth-order valence-corrected chi connectivity index (χ4v) is 3.43. The number of carbonyl (C=O) groups excluding carboxylic acids is 2. The molecule has 2 heterocycles. The van der Waals surface area contributed by atoms with Crippen LogP contribution >= 0.6 is 22.9 Å². The lowest BCUT2D eigenvalue weighted by Crippen LogP contribution is -1.98. The Labute approximate surface area is 99.6 Å². The van der Waals surface area contributed by atoms with Gasteiger partial charge in [0, 0.05) is 15.1 Å². The van der Waals surface area contributed by atoms with Gasteiger partial charge in [0.2, 0.25) is 0 Å². The molecule has 0 atom stereocenters. The van der Waals surface area contributed by atoms with Crippen LogP contribution in [0.3, 0.4) is 0 Å². The van der Waals surface area contributed by atoms with E-state index in [0.29, 0.717) is 15.5 Å². The quantitative estimate of drug-likeness (QED) is 0.534. The van der Waals surface area contributed by atoms with E-state index in [-0.39, 0.29) is 0 Å². The standard InChI is InChI=1S/C11H5ClO3S/c1-4-2-5(12)3-6-7(4)8-9(16-6)11(14)15-10(8)13/h2-3H,1H3. The van der Waals surface area contributed by atoms with Crippen molar-refractivity contribution in [2.75, 3.05) is 0 Å². The van der Waals surface area contributed by atoms with Gasteiger partial charge in [0.15, 0.2) is 0 Å². The number of aryl methyl sites for hydroxylation is 1. The van der Waals surface area contributed by atoms with Crippen molar-refractivity contribution in [2.45, 2.75) is 6.92 Å². The molecule has 1 aliphatic heterocycles. The van der Waals surface area contributed by atoms with E-state index in [9.17, 15) is 9.59 Å². The van der Waals surface area contributed by atoms with Crippen LogP contribution in [0.25, 0.3) is 10.1 Å². The van der Waals surface area contributed by atoms with Crippen molar-refractivity contribution in [2.24, 2.45) is 0 Å². The Kier molecular flexibility index (Phi) is 1.87. The number of esters is 2. The van der Waals surface area contributed by atoms with E-state index in [1.54, 1.807) is 12.1 Å². The first-order valence-electron chi connectivity index (χ1n) is 4.57. The molecule has 0 fully saturated rings. The molecule has 0 N–H and O–H groups in total. The van der Waals surface area contributed by atoms with Crippen molar-refractivity contribution < 1.29 is 14.3 Å². The molecule has 1 aromatic heterocycles. The Morgan fingerprint density at radius 2 is 2.00 bits per heavy atom. The highest BCUT2D eigenvalue weighted by Crippen LogP contribution is 2.39. The van der Waals surface area contributed by atoms with Gasteiger partial charge in [-0.3, -0.25) is 0 Å². The summed E-state index contributed by atoms with van der Waals surface area (Å²) in [4.78, 5) is 23.3. The molecule has 0 spiro atoms. The van der Waals surface area contributed by atoms with Crippen LogP contribution in [0.2, 0.25) is 5.02 Å². The number of thiophene rings is 1. The fraction of sp³-hybridized carbons (Fsp3) is 0.0909. The normalized spacial score (nSPS) is 14.4. The van der Waals surface area contributed by atoms with Gasteiger partial charge < -0.3 is 4.74 Å². The molecule has 0 unspecified atom stereocenters. The third-order valence-corrected chi connectivity index (χ3v) is 3.86. The number of hydrogen-bond acceptors (Lipinski definition) is 4. The molecule has 0 amide bonds. The smallest absolute Gasteiger partial charge is 0.357 e. The summed E-state index contributed by atoms with van der Waals surface area (Å²) in [7, 11) is 0. The van der Waals surface area contributed by atoms with Gasteiger partial charge in [0.05, 0.1) is 5.56 Å². The van der Waals surface area contributed by atoms with Gasteiger partial charge in [-0.2, -0.15) is 0 Å². The number of halogens is 1. The van der Waals surface area contributed by atoms with Crippen LogP contribution in [0.4, 0.5) is 0 Å². The van der Waals surface area contributed by atoms with Gasteiger partial charge in [-0.1, -0.05) is 11.6 Å². The fourth-order valence-electron chi connectivity index (χ4n) is 1.91. The number of hydrogen-bond donors (Lipinski definition) is 0. The van der Waals surface area contributed by atoms with Crippen LogP contribution in [-0.4, -0.2) is 11.9 Å². The largest absolute Gasteiger partial charge is 0.385 e. The van der Waals surface area contributed by atoms with Crippen LogP contribution in [0.15, 0.2) is 12.1 Å². The Hall–Kier alpha value is -1.39. The second kappa shape index (κ2) is 3.06. The zero-order valence-electron chi connectivity index (χ0n) is 8.17. The third-order valence-electron chi connectivity index (χ3n) is 2.53.